The van der Waals surface area contributed by atoms with Gasteiger partial charge in [0.05, 0.1) is 12.4 Å². The fourth-order valence-corrected chi connectivity index (χ4v) is 3.90. The molecule has 2 aromatic rings. The molecule has 0 aliphatic heterocycles. The van der Waals surface area contributed by atoms with Gasteiger partial charge in [0, 0.05) is 24.7 Å². The lowest BCUT2D eigenvalue weighted by atomic mass is 10.0. The molecule has 9 N–H and O–H groups in total. The predicted molar refractivity (Wildman–Crippen MR) is 140 cm³/mol. The maximum absolute atomic E-state index is 13.2. The van der Waals surface area contributed by atoms with Gasteiger partial charge in [-0.05, 0) is 43.0 Å². The number of aliphatic hydroxyl groups is 1. The van der Waals surface area contributed by atoms with E-state index in [9.17, 15) is 34.5 Å². The van der Waals surface area contributed by atoms with E-state index in [1.807, 2.05) is 6.26 Å². The number of rotatable bonds is 15. The molecule has 2 rings (SSSR count). The van der Waals surface area contributed by atoms with Crippen LogP contribution in [-0.2, 0) is 32.0 Å². The van der Waals surface area contributed by atoms with Gasteiger partial charge in [-0.15, -0.1) is 0 Å². The average molecular weight is 551 g/mol. The molecule has 13 nitrogen and oxygen atoms in total. The third kappa shape index (κ3) is 9.68. The number of aliphatic hydroxyl groups excluding tert-OH is 1. The van der Waals surface area contributed by atoms with E-state index >= 15 is 0 Å². The molecule has 0 bridgehead atoms. The number of hydrogen-bond acceptors (Lipinski definition) is 9. The number of aromatic nitrogens is 2. The third-order valence-electron chi connectivity index (χ3n) is 5.67. The molecule has 5 unspecified atom stereocenters. The zero-order valence-corrected chi connectivity index (χ0v) is 21.9. The van der Waals surface area contributed by atoms with E-state index in [-0.39, 0.29) is 25.0 Å². The number of aliphatic carboxylic acids is 1. The molecule has 1 aromatic heterocycles. The zero-order valence-electron chi connectivity index (χ0n) is 21.1. The Balaban J connectivity index is 2.18. The Labute approximate surface area is 224 Å². The highest BCUT2D eigenvalue weighted by molar-refractivity contribution is 7.98. The molecule has 14 heteroatoms. The molecule has 0 fully saturated rings. The van der Waals surface area contributed by atoms with E-state index < -0.39 is 54.0 Å². The third-order valence-corrected chi connectivity index (χ3v) is 6.31. The van der Waals surface area contributed by atoms with Gasteiger partial charge in [-0.1, -0.05) is 12.1 Å². The van der Waals surface area contributed by atoms with Crippen LogP contribution in [0.2, 0.25) is 0 Å². The van der Waals surface area contributed by atoms with E-state index in [2.05, 4.69) is 25.9 Å². The highest BCUT2D eigenvalue weighted by atomic mass is 32.2. The number of carboxylic acid groups (broad SMARTS) is 1. The molecule has 0 spiro atoms. The fourth-order valence-electron chi connectivity index (χ4n) is 3.43. The second kappa shape index (κ2) is 15.0. The van der Waals surface area contributed by atoms with Crippen LogP contribution >= 0.6 is 11.8 Å². The molecule has 0 saturated carbocycles. The molecule has 38 heavy (non-hydrogen) atoms. The first kappa shape index (κ1) is 30.6. The number of imidazole rings is 1. The van der Waals surface area contributed by atoms with Crippen LogP contribution in [0.25, 0.3) is 0 Å². The van der Waals surface area contributed by atoms with E-state index in [0.717, 1.165) is 0 Å². The lowest BCUT2D eigenvalue weighted by Gasteiger charge is -2.25. The van der Waals surface area contributed by atoms with Crippen molar-refractivity contribution >= 4 is 35.5 Å². The first-order valence-corrected chi connectivity index (χ1v) is 13.2. The summed E-state index contributed by atoms with van der Waals surface area (Å²) in [5.41, 5.74) is 6.81. The lowest BCUT2D eigenvalue weighted by Crippen LogP contribution is -2.58. The average Bonchev–Trinajstić information content (AvgIpc) is 3.39. The molecule has 0 saturated heterocycles. The van der Waals surface area contributed by atoms with Crippen molar-refractivity contribution in [3.8, 4) is 5.75 Å². The molecule has 3 amide bonds. The number of hydrogen-bond donors (Lipinski definition) is 8. The largest absolute Gasteiger partial charge is 0.508 e. The van der Waals surface area contributed by atoms with Crippen molar-refractivity contribution < 1.29 is 34.5 Å². The lowest BCUT2D eigenvalue weighted by molar-refractivity contribution is -0.142. The topological polar surface area (TPSA) is 220 Å². The van der Waals surface area contributed by atoms with Gasteiger partial charge < -0.3 is 42.0 Å². The minimum Gasteiger partial charge on any atom is -0.508 e. The number of nitrogens with one attached hydrogen (secondary N) is 4. The van der Waals surface area contributed by atoms with Crippen LogP contribution in [0.1, 0.15) is 24.6 Å². The number of phenolic OH excluding ortho intramolecular Hbond substituents is 1. The van der Waals surface area contributed by atoms with Crippen molar-refractivity contribution in [2.24, 2.45) is 5.73 Å². The van der Waals surface area contributed by atoms with Crippen LogP contribution in [-0.4, -0.2) is 91.3 Å². The van der Waals surface area contributed by atoms with Crippen molar-refractivity contribution in [2.45, 2.75) is 56.5 Å². The van der Waals surface area contributed by atoms with E-state index in [4.69, 9.17) is 5.73 Å². The molecule has 1 heterocycles. The van der Waals surface area contributed by atoms with Crippen molar-refractivity contribution in [3.63, 3.8) is 0 Å². The van der Waals surface area contributed by atoms with Crippen LogP contribution in [0.5, 0.6) is 5.75 Å². The number of nitrogens with two attached hydrogens (primary N) is 1. The van der Waals surface area contributed by atoms with Crippen LogP contribution in [0.3, 0.4) is 0 Å². The summed E-state index contributed by atoms with van der Waals surface area (Å²) in [6.07, 6.45) is 3.69. The minimum atomic E-state index is -1.29. The van der Waals surface area contributed by atoms with Gasteiger partial charge in [-0.25, -0.2) is 9.78 Å². The number of phenols is 1. The highest BCUT2D eigenvalue weighted by Gasteiger charge is 2.31. The summed E-state index contributed by atoms with van der Waals surface area (Å²) in [7, 11) is 0. The minimum absolute atomic E-state index is 0.000424. The van der Waals surface area contributed by atoms with Gasteiger partial charge >= 0.3 is 5.97 Å². The number of nitrogens with zero attached hydrogens (tertiary/aromatic N) is 1. The van der Waals surface area contributed by atoms with E-state index in [1.54, 1.807) is 12.1 Å². The van der Waals surface area contributed by atoms with Crippen LogP contribution < -0.4 is 21.7 Å². The van der Waals surface area contributed by atoms with Gasteiger partial charge in [0.2, 0.25) is 17.7 Å². The first-order valence-electron chi connectivity index (χ1n) is 11.8. The summed E-state index contributed by atoms with van der Waals surface area (Å²) in [5.74, 6) is -2.92. The number of aromatic amines is 1. The normalized spacial score (nSPS) is 14.9. The Morgan fingerprint density at radius 2 is 1.61 bits per heavy atom. The fraction of sp³-hybridized carbons (Fsp3) is 0.458. The standard InChI is InChI=1S/C24H34N6O7S/c1-13(31)20(25)23(35)29-18(10-15-11-26-12-27-15)22(34)28-17(7-8-38-2)21(33)30-19(24(36)37)9-14-3-5-16(32)6-4-14/h3-6,11-13,17-20,31-32H,7-10,25H2,1-2H3,(H,26,27)(H,28,34)(H,29,35)(H,30,33)(H,36,37). The molecule has 1 aromatic carbocycles. The van der Waals surface area contributed by atoms with Crippen molar-refractivity contribution in [3.05, 3.63) is 48.0 Å². The number of amides is 3. The highest BCUT2D eigenvalue weighted by Crippen LogP contribution is 2.12. The Morgan fingerprint density at radius 3 is 2.16 bits per heavy atom. The van der Waals surface area contributed by atoms with E-state index in [1.165, 1.54) is 43.3 Å². The number of H-pyrrole nitrogens is 1. The summed E-state index contributed by atoms with van der Waals surface area (Å²) in [6, 6.07) is 1.09. The number of thioether (sulfide) groups is 1. The molecule has 0 radical (unpaired) electrons. The number of carbonyl (C=O) groups is 4. The first-order chi connectivity index (χ1) is 18.0. The maximum atomic E-state index is 13.2. The van der Waals surface area contributed by atoms with E-state index in [0.29, 0.717) is 17.0 Å². The molecule has 0 aliphatic rings. The van der Waals surface area contributed by atoms with Gasteiger partial charge in [-0.3, -0.25) is 14.4 Å². The Kier molecular flexibility index (Phi) is 12.0. The number of aromatic hydroxyl groups is 1. The summed E-state index contributed by atoms with van der Waals surface area (Å²) in [5, 5.41) is 36.3. The Bertz CT molecular complexity index is 1060. The second-order valence-electron chi connectivity index (χ2n) is 8.72. The monoisotopic (exact) mass is 550 g/mol. The summed E-state index contributed by atoms with van der Waals surface area (Å²) < 4.78 is 0. The molecule has 208 valence electrons. The van der Waals surface area contributed by atoms with Gasteiger partial charge in [0.15, 0.2) is 0 Å². The van der Waals surface area contributed by atoms with Crippen LogP contribution in [0.15, 0.2) is 36.8 Å². The van der Waals surface area contributed by atoms with Gasteiger partial charge in [-0.2, -0.15) is 11.8 Å². The summed E-state index contributed by atoms with van der Waals surface area (Å²) in [4.78, 5) is 57.4. The second-order valence-corrected chi connectivity index (χ2v) is 9.71. The molecule has 5 atom stereocenters. The van der Waals surface area contributed by atoms with Crippen LogP contribution in [0, 0.1) is 0 Å². The Hall–Kier alpha value is -3.62. The SMILES string of the molecule is CSCCC(NC(=O)C(Cc1cnc[nH]1)NC(=O)C(N)C(C)O)C(=O)NC(Cc1ccc(O)cc1)C(=O)O. The smallest absolute Gasteiger partial charge is 0.326 e. The van der Waals surface area contributed by atoms with Gasteiger partial charge in [0.25, 0.3) is 0 Å². The molecular weight excluding hydrogens is 516 g/mol. The number of benzene rings is 1. The van der Waals surface area contributed by atoms with Gasteiger partial charge in [0.1, 0.15) is 29.9 Å². The maximum Gasteiger partial charge on any atom is 0.326 e. The zero-order chi connectivity index (χ0) is 28.2. The number of carbonyl (C=O) groups excluding carboxylic acids is 3. The van der Waals surface area contributed by atoms with Crippen molar-refractivity contribution in [1.82, 2.24) is 25.9 Å². The Morgan fingerprint density at radius 1 is 1.00 bits per heavy atom. The summed E-state index contributed by atoms with van der Waals surface area (Å²) in [6.45, 7) is 1.34. The molecule has 0 aliphatic carbocycles. The van der Waals surface area contributed by atoms with Crippen molar-refractivity contribution in [2.75, 3.05) is 12.0 Å². The molecular formula is C24H34N6O7S. The quantitative estimate of drug-likeness (QED) is 0.134. The summed E-state index contributed by atoms with van der Waals surface area (Å²) >= 11 is 1.43. The van der Waals surface area contributed by atoms with Crippen molar-refractivity contribution in [1.29, 1.82) is 0 Å². The predicted octanol–water partition coefficient (Wildman–Crippen LogP) is -1.10. The number of carboxylic acids is 1. The van der Waals surface area contributed by atoms with Crippen LogP contribution in [0.4, 0.5) is 0 Å².